The highest BCUT2D eigenvalue weighted by atomic mass is 16.1. The SMILES string of the molecule is C=C(C)C[C@H](C)NC(=O)c1ccccc1. The van der Waals surface area contributed by atoms with Gasteiger partial charge in [0.25, 0.3) is 5.91 Å². The minimum absolute atomic E-state index is 0.0237. The highest BCUT2D eigenvalue weighted by Crippen LogP contribution is 2.03. The minimum atomic E-state index is -0.0237. The van der Waals surface area contributed by atoms with Gasteiger partial charge in [-0.3, -0.25) is 4.79 Å². The standard InChI is InChI=1S/C13H17NO/c1-10(2)9-11(3)14-13(15)12-7-5-4-6-8-12/h4-8,11H,1,9H2,2-3H3,(H,14,15)/t11-/m0/s1. The molecule has 2 nitrogen and oxygen atoms in total. The van der Waals surface area contributed by atoms with Crippen molar-refractivity contribution in [3.05, 3.63) is 48.0 Å². The second-order valence-electron chi connectivity index (χ2n) is 3.90. The maximum atomic E-state index is 11.7. The molecule has 1 aromatic rings. The summed E-state index contributed by atoms with van der Waals surface area (Å²) in [6.07, 6.45) is 0.818. The summed E-state index contributed by atoms with van der Waals surface area (Å²) in [7, 11) is 0. The number of benzene rings is 1. The molecule has 0 aliphatic rings. The molecule has 0 radical (unpaired) electrons. The van der Waals surface area contributed by atoms with E-state index in [9.17, 15) is 4.79 Å². The zero-order valence-corrected chi connectivity index (χ0v) is 9.29. The van der Waals surface area contributed by atoms with Crippen molar-refractivity contribution in [3.63, 3.8) is 0 Å². The van der Waals surface area contributed by atoms with Crippen LogP contribution in [-0.4, -0.2) is 11.9 Å². The molecule has 0 aromatic heterocycles. The summed E-state index contributed by atoms with van der Waals surface area (Å²) in [4.78, 5) is 11.7. The second-order valence-corrected chi connectivity index (χ2v) is 3.90. The number of carbonyl (C=O) groups is 1. The van der Waals surface area contributed by atoms with Gasteiger partial charge in [-0.25, -0.2) is 0 Å². The van der Waals surface area contributed by atoms with E-state index in [0.29, 0.717) is 5.56 Å². The largest absolute Gasteiger partial charge is 0.349 e. The fourth-order valence-electron chi connectivity index (χ4n) is 1.47. The number of hydrogen-bond acceptors (Lipinski definition) is 1. The number of rotatable bonds is 4. The summed E-state index contributed by atoms with van der Waals surface area (Å²) in [5.41, 5.74) is 1.78. The minimum Gasteiger partial charge on any atom is -0.349 e. The lowest BCUT2D eigenvalue weighted by molar-refractivity contribution is 0.0940. The van der Waals surface area contributed by atoms with Crippen molar-refractivity contribution in [1.82, 2.24) is 5.32 Å². The summed E-state index contributed by atoms with van der Waals surface area (Å²) in [5.74, 6) is -0.0237. The molecule has 0 aliphatic heterocycles. The molecule has 0 heterocycles. The Morgan fingerprint density at radius 3 is 2.53 bits per heavy atom. The molecule has 0 saturated carbocycles. The van der Waals surface area contributed by atoms with E-state index in [1.165, 1.54) is 0 Å². The lowest BCUT2D eigenvalue weighted by Gasteiger charge is -2.13. The van der Waals surface area contributed by atoms with Crippen LogP contribution in [0.3, 0.4) is 0 Å². The van der Waals surface area contributed by atoms with E-state index in [2.05, 4.69) is 11.9 Å². The molecule has 1 rings (SSSR count). The number of nitrogens with one attached hydrogen (secondary N) is 1. The molecule has 1 atom stereocenters. The molecule has 0 fully saturated rings. The topological polar surface area (TPSA) is 29.1 Å². The molecule has 80 valence electrons. The van der Waals surface area contributed by atoms with Crippen LogP contribution in [0.2, 0.25) is 0 Å². The molecule has 0 aliphatic carbocycles. The van der Waals surface area contributed by atoms with E-state index in [-0.39, 0.29) is 11.9 Å². The predicted molar refractivity (Wildman–Crippen MR) is 62.8 cm³/mol. The molecule has 0 saturated heterocycles. The van der Waals surface area contributed by atoms with Gasteiger partial charge < -0.3 is 5.32 Å². The van der Waals surface area contributed by atoms with Crippen LogP contribution in [-0.2, 0) is 0 Å². The van der Waals surface area contributed by atoms with Crippen molar-refractivity contribution in [2.24, 2.45) is 0 Å². The molecule has 0 bridgehead atoms. The third kappa shape index (κ3) is 3.98. The summed E-state index contributed by atoms with van der Waals surface area (Å²) >= 11 is 0. The van der Waals surface area contributed by atoms with Gasteiger partial charge in [0.1, 0.15) is 0 Å². The van der Waals surface area contributed by atoms with E-state index >= 15 is 0 Å². The average Bonchev–Trinajstić information content (AvgIpc) is 2.17. The first-order valence-electron chi connectivity index (χ1n) is 5.10. The molecule has 0 unspecified atom stereocenters. The Balaban J connectivity index is 2.53. The van der Waals surface area contributed by atoms with Crippen molar-refractivity contribution in [3.8, 4) is 0 Å². The highest BCUT2D eigenvalue weighted by molar-refractivity contribution is 5.94. The van der Waals surface area contributed by atoms with Gasteiger partial charge in [0, 0.05) is 11.6 Å². The number of amides is 1. The van der Waals surface area contributed by atoms with E-state index in [1.54, 1.807) is 0 Å². The van der Waals surface area contributed by atoms with Crippen LogP contribution in [0.5, 0.6) is 0 Å². The first kappa shape index (κ1) is 11.5. The Labute approximate surface area is 91.0 Å². The van der Waals surface area contributed by atoms with Gasteiger partial charge in [0.2, 0.25) is 0 Å². The fourth-order valence-corrected chi connectivity index (χ4v) is 1.47. The van der Waals surface area contributed by atoms with Gasteiger partial charge in [0.05, 0.1) is 0 Å². The van der Waals surface area contributed by atoms with Crippen LogP contribution in [0.25, 0.3) is 0 Å². The van der Waals surface area contributed by atoms with Crippen molar-refractivity contribution in [1.29, 1.82) is 0 Å². The fraction of sp³-hybridized carbons (Fsp3) is 0.308. The van der Waals surface area contributed by atoms with Crippen LogP contribution in [0.1, 0.15) is 30.6 Å². The zero-order valence-electron chi connectivity index (χ0n) is 9.29. The van der Waals surface area contributed by atoms with Gasteiger partial charge in [0.15, 0.2) is 0 Å². The number of carbonyl (C=O) groups excluding carboxylic acids is 1. The molecular formula is C13H17NO. The monoisotopic (exact) mass is 203 g/mol. The summed E-state index contributed by atoms with van der Waals surface area (Å²) in [5, 5.41) is 2.93. The third-order valence-corrected chi connectivity index (χ3v) is 2.07. The Morgan fingerprint density at radius 1 is 1.40 bits per heavy atom. The quantitative estimate of drug-likeness (QED) is 0.749. The molecule has 15 heavy (non-hydrogen) atoms. The van der Waals surface area contributed by atoms with Crippen molar-refractivity contribution in [2.45, 2.75) is 26.3 Å². The van der Waals surface area contributed by atoms with Gasteiger partial charge >= 0.3 is 0 Å². The zero-order chi connectivity index (χ0) is 11.3. The number of hydrogen-bond donors (Lipinski definition) is 1. The molecular weight excluding hydrogens is 186 g/mol. The first-order valence-corrected chi connectivity index (χ1v) is 5.10. The Bertz CT molecular complexity index is 343. The van der Waals surface area contributed by atoms with E-state index in [4.69, 9.17) is 0 Å². The van der Waals surface area contributed by atoms with Crippen LogP contribution >= 0.6 is 0 Å². The average molecular weight is 203 g/mol. The van der Waals surface area contributed by atoms with Gasteiger partial charge in [-0.2, -0.15) is 0 Å². The van der Waals surface area contributed by atoms with E-state index in [0.717, 1.165) is 12.0 Å². The maximum Gasteiger partial charge on any atom is 0.251 e. The van der Waals surface area contributed by atoms with E-state index in [1.807, 2.05) is 44.2 Å². The van der Waals surface area contributed by atoms with Crippen LogP contribution in [0.15, 0.2) is 42.5 Å². The van der Waals surface area contributed by atoms with Gasteiger partial charge in [-0.1, -0.05) is 23.8 Å². The van der Waals surface area contributed by atoms with Gasteiger partial charge in [-0.15, -0.1) is 6.58 Å². The lowest BCUT2D eigenvalue weighted by atomic mass is 10.1. The summed E-state index contributed by atoms with van der Waals surface area (Å²) in [6, 6.07) is 9.37. The molecule has 0 spiro atoms. The first-order chi connectivity index (χ1) is 7.09. The summed E-state index contributed by atoms with van der Waals surface area (Å²) in [6.45, 7) is 7.77. The molecule has 2 heteroatoms. The van der Waals surface area contributed by atoms with Crippen molar-refractivity contribution >= 4 is 5.91 Å². The highest BCUT2D eigenvalue weighted by Gasteiger charge is 2.08. The molecule has 1 amide bonds. The van der Waals surface area contributed by atoms with Gasteiger partial charge in [-0.05, 0) is 32.4 Å². The van der Waals surface area contributed by atoms with Crippen molar-refractivity contribution < 1.29 is 4.79 Å². The third-order valence-electron chi connectivity index (χ3n) is 2.07. The predicted octanol–water partition coefficient (Wildman–Crippen LogP) is 2.77. The maximum absolute atomic E-state index is 11.7. The summed E-state index contributed by atoms with van der Waals surface area (Å²) < 4.78 is 0. The van der Waals surface area contributed by atoms with Crippen LogP contribution in [0.4, 0.5) is 0 Å². The Morgan fingerprint density at radius 2 is 2.00 bits per heavy atom. The Kier molecular flexibility index (Phi) is 4.10. The van der Waals surface area contributed by atoms with Crippen LogP contribution in [0, 0.1) is 0 Å². The lowest BCUT2D eigenvalue weighted by Crippen LogP contribution is -2.32. The molecule has 1 N–H and O–H groups in total. The molecule has 1 aromatic carbocycles. The Hall–Kier alpha value is -1.57. The van der Waals surface area contributed by atoms with Crippen molar-refractivity contribution in [2.75, 3.05) is 0 Å². The normalized spacial score (nSPS) is 11.9. The van der Waals surface area contributed by atoms with E-state index < -0.39 is 0 Å². The van der Waals surface area contributed by atoms with Crippen LogP contribution < -0.4 is 5.32 Å². The second kappa shape index (κ2) is 5.35. The smallest absolute Gasteiger partial charge is 0.251 e.